The lowest BCUT2D eigenvalue weighted by Crippen LogP contribution is -2.01. The van der Waals surface area contributed by atoms with Crippen molar-refractivity contribution in [2.75, 3.05) is 14.2 Å². The normalized spacial score (nSPS) is 12.1. The molecule has 0 saturated heterocycles. The third-order valence-corrected chi connectivity index (χ3v) is 3.62. The minimum Gasteiger partial charge on any atom is -0.497 e. The molecule has 0 bridgehead atoms. The molecule has 2 aromatic carbocycles. The Morgan fingerprint density at radius 1 is 0.750 bits per heavy atom. The first-order valence-electron chi connectivity index (χ1n) is 6.66. The molecule has 1 aliphatic carbocycles. The van der Waals surface area contributed by atoms with Gasteiger partial charge in [0.2, 0.25) is 0 Å². The van der Waals surface area contributed by atoms with Crippen LogP contribution in [0.3, 0.4) is 0 Å². The van der Waals surface area contributed by atoms with E-state index in [-0.39, 0.29) is 0 Å². The van der Waals surface area contributed by atoms with Crippen LogP contribution in [0.15, 0.2) is 36.4 Å². The van der Waals surface area contributed by atoms with Crippen LogP contribution in [0.5, 0.6) is 11.5 Å². The quantitative estimate of drug-likeness (QED) is 0.775. The first-order valence-corrected chi connectivity index (χ1v) is 6.66. The van der Waals surface area contributed by atoms with Crippen molar-refractivity contribution >= 4 is 0 Å². The number of ether oxygens (including phenoxy) is 2. The molecule has 0 atom stereocenters. The van der Waals surface area contributed by atoms with Crippen LogP contribution in [0.1, 0.15) is 22.3 Å². The van der Waals surface area contributed by atoms with Crippen LogP contribution in [0.25, 0.3) is 0 Å². The molecule has 0 aromatic heterocycles. The fraction of sp³-hybridized carbons (Fsp3) is 0.222. The van der Waals surface area contributed by atoms with E-state index in [0.717, 1.165) is 35.5 Å². The van der Waals surface area contributed by atoms with Gasteiger partial charge in [0.05, 0.1) is 14.2 Å². The Morgan fingerprint density at radius 2 is 1.20 bits per heavy atom. The number of benzene rings is 2. The number of hydrogen-bond acceptors (Lipinski definition) is 2. The van der Waals surface area contributed by atoms with Gasteiger partial charge >= 0.3 is 0 Å². The molecule has 0 N–H and O–H groups in total. The van der Waals surface area contributed by atoms with E-state index >= 15 is 0 Å². The van der Waals surface area contributed by atoms with Crippen LogP contribution in [0, 0.1) is 11.8 Å². The molecule has 0 heterocycles. The molecule has 0 aliphatic heterocycles. The lowest BCUT2D eigenvalue weighted by atomic mass is 9.94. The van der Waals surface area contributed by atoms with E-state index in [0.29, 0.717) is 0 Å². The Labute approximate surface area is 119 Å². The van der Waals surface area contributed by atoms with Crippen molar-refractivity contribution in [1.82, 2.24) is 0 Å². The number of methoxy groups -OCH3 is 2. The first-order chi connectivity index (χ1) is 9.80. The summed E-state index contributed by atoms with van der Waals surface area (Å²) in [6, 6.07) is 12.2. The summed E-state index contributed by atoms with van der Waals surface area (Å²) in [5.41, 5.74) is 4.66. The summed E-state index contributed by atoms with van der Waals surface area (Å²) >= 11 is 0. The molecule has 0 saturated carbocycles. The molecule has 0 radical (unpaired) electrons. The van der Waals surface area contributed by atoms with Crippen LogP contribution < -0.4 is 9.47 Å². The first kappa shape index (κ1) is 12.6. The van der Waals surface area contributed by atoms with E-state index in [1.807, 2.05) is 24.3 Å². The van der Waals surface area contributed by atoms with Gasteiger partial charge in [-0.15, -0.1) is 0 Å². The highest BCUT2D eigenvalue weighted by molar-refractivity contribution is 5.54. The molecular weight excluding hydrogens is 248 g/mol. The third-order valence-electron chi connectivity index (χ3n) is 3.62. The van der Waals surface area contributed by atoms with Gasteiger partial charge < -0.3 is 9.47 Å². The number of rotatable bonds is 2. The van der Waals surface area contributed by atoms with Gasteiger partial charge in [-0.3, -0.25) is 0 Å². The molecule has 0 unspecified atom stereocenters. The van der Waals surface area contributed by atoms with Gasteiger partial charge in [-0.05, 0) is 60.4 Å². The van der Waals surface area contributed by atoms with Crippen LogP contribution in [-0.2, 0) is 12.8 Å². The summed E-state index contributed by atoms with van der Waals surface area (Å²) in [4.78, 5) is 0. The average molecular weight is 264 g/mol. The molecular formula is C18H16O2. The minimum absolute atomic E-state index is 0.886. The highest BCUT2D eigenvalue weighted by Gasteiger charge is 2.09. The molecule has 2 heteroatoms. The van der Waals surface area contributed by atoms with Crippen molar-refractivity contribution in [2.24, 2.45) is 0 Å². The molecule has 0 amide bonds. The molecule has 3 rings (SSSR count). The van der Waals surface area contributed by atoms with Gasteiger partial charge in [-0.25, -0.2) is 0 Å². The SMILES string of the molecule is COc1ccc2c(c1)CCc1cc(OC)ccc1C#C2. The smallest absolute Gasteiger partial charge is 0.119 e. The van der Waals surface area contributed by atoms with Crippen molar-refractivity contribution in [3.8, 4) is 23.3 Å². The van der Waals surface area contributed by atoms with E-state index in [4.69, 9.17) is 9.47 Å². The summed E-state index contributed by atoms with van der Waals surface area (Å²) in [5.74, 6) is 8.30. The largest absolute Gasteiger partial charge is 0.497 e. The van der Waals surface area contributed by atoms with Crippen molar-refractivity contribution < 1.29 is 9.47 Å². The Kier molecular flexibility index (Phi) is 3.35. The predicted octanol–water partition coefficient (Wildman–Crippen LogP) is 3.20. The topological polar surface area (TPSA) is 18.5 Å². The third kappa shape index (κ3) is 2.35. The zero-order valence-electron chi connectivity index (χ0n) is 11.7. The second-order valence-corrected chi connectivity index (χ2v) is 4.80. The fourth-order valence-electron chi connectivity index (χ4n) is 2.46. The van der Waals surface area contributed by atoms with E-state index < -0.39 is 0 Å². The van der Waals surface area contributed by atoms with E-state index in [1.165, 1.54) is 11.1 Å². The standard InChI is InChI=1S/C18H16O2/c1-19-17-9-7-13-3-4-14-8-10-18(20-2)12-16(14)6-5-15(13)11-17/h7-12H,5-6H2,1-2H3. The van der Waals surface area contributed by atoms with Crippen molar-refractivity contribution in [3.05, 3.63) is 58.7 Å². The van der Waals surface area contributed by atoms with Crippen LogP contribution in [0.2, 0.25) is 0 Å². The van der Waals surface area contributed by atoms with Crippen LogP contribution >= 0.6 is 0 Å². The number of fused-ring (bicyclic) bond motifs is 2. The molecule has 2 aromatic rings. The Hall–Kier alpha value is -2.40. The highest BCUT2D eigenvalue weighted by Crippen LogP contribution is 2.24. The monoisotopic (exact) mass is 264 g/mol. The Bertz CT molecular complexity index is 646. The summed E-state index contributed by atoms with van der Waals surface area (Å²) in [6.45, 7) is 0. The van der Waals surface area contributed by atoms with E-state index in [1.54, 1.807) is 14.2 Å². The van der Waals surface area contributed by atoms with Gasteiger partial charge in [-0.1, -0.05) is 11.8 Å². The summed E-state index contributed by atoms with van der Waals surface area (Å²) in [7, 11) is 3.38. The zero-order chi connectivity index (χ0) is 13.9. The summed E-state index contributed by atoms with van der Waals surface area (Å²) in [5, 5.41) is 0. The van der Waals surface area contributed by atoms with E-state index in [9.17, 15) is 0 Å². The van der Waals surface area contributed by atoms with Crippen molar-refractivity contribution in [3.63, 3.8) is 0 Å². The molecule has 0 fully saturated rings. The fourth-order valence-corrected chi connectivity index (χ4v) is 2.46. The number of hydrogen-bond donors (Lipinski definition) is 0. The maximum atomic E-state index is 5.29. The molecule has 2 nitrogen and oxygen atoms in total. The van der Waals surface area contributed by atoms with Gasteiger partial charge in [0.15, 0.2) is 0 Å². The van der Waals surface area contributed by atoms with Crippen molar-refractivity contribution in [1.29, 1.82) is 0 Å². The Balaban J connectivity index is 2.05. The molecule has 1 aliphatic rings. The van der Waals surface area contributed by atoms with Crippen LogP contribution in [0.4, 0.5) is 0 Å². The zero-order valence-corrected chi connectivity index (χ0v) is 11.7. The molecule has 100 valence electrons. The molecule has 20 heavy (non-hydrogen) atoms. The van der Waals surface area contributed by atoms with Gasteiger partial charge in [0.1, 0.15) is 11.5 Å². The predicted molar refractivity (Wildman–Crippen MR) is 79.4 cm³/mol. The maximum absolute atomic E-state index is 5.29. The second kappa shape index (κ2) is 5.30. The van der Waals surface area contributed by atoms with E-state index in [2.05, 4.69) is 24.0 Å². The van der Waals surface area contributed by atoms with Crippen LogP contribution in [-0.4, -0.2) is 14.2 Å². The van der Waals surface area contributed by atoms with Gasteiger partial charge in [0.25, 0.3) is 0 Å². The van der Waals surface area contributed by atoms with Gasteiger partial charge in [0, 0.05) is 11.1 Å². The average Bonchev–Trinajstić information content (AvgIpc) is 2.49. The highest BCUT2D eigenvalue weighted by atomic mass is 16.5. The lowest BCUT2D eigenvalue weighted by Gasteiger charge is -2.12. The maximum Gasteiger partial charge on any atom is 0.119 e. The summed E-state index contributed by atoms with van der Waals surface area (Å²) < 4.78 is 10.6. The number of aryl methyl sites for hydroxylation is 2. The second-order valence-electron chi connectivity index (χ2n) is 4.80. The molecule has 0 spiro atoms. The Morgan fingerprint density at radius 3 is 1.60 bits per heavy atom. The minimum atomic E-state index is 0.886. The summed E-state index contributed by atoms with van der Waals surface area (Å²) in [6.07, 6.45) is 1.92. The van der Waals surface area contributed by atoms with Crippen molar-refractivity contribution in [2.45, 2.75) is 12.8 Å². The lowest BCUT2D eigenvalue weighted by molar-refractivity contribution is 0.413. The van der Waals surface area contributed by atoms with Gasteiger partial charge in [-0.2, -0.15) is 0 Å².